The molecule has 0 aromatic rings. The summed E-state index contributed by atoms with van der Waals surface area (Å²) in [4.78, 5) is 12.9. The second-order valence-corrected chi connectivity index (χ2v) is 4.01. The average Bonchev–Trinajstić information content (AvgIpc) is 2.18. The van der Waals surface area contributed by atoms with Gasteiger partial charge in [0.05, 0.1) is 12.5 Å². The van der Waals surface area contributed by atoms with Crippen molar-refractivity contribution in [3.8, 4) is 0 Å². The minimum Gasteiger partial charge on any atom is -0.481 e. The zero-order chi connectivity index (χ0) is 11.3. The molecular formula is C10H20N2O3. The van der Waals surface area contributed by atoms with E-state index in [1.807, 2.05) is 11.8 Å². The summed E-state index contributed by atoms with van der Waals surface area (Å²) in [6, 6.07) is 0.233. The standard InChI is InChI=1S/C10H20N2O3/c1-2-11-9-5-8(10(14)15)6-12(7-9)3-4-13/h8-9,11,13H,2-7H2,1H3,(H,14,15). The highest BCUT2D eigenvalue weighted by Gasteiger charge is 2.30. The number of rotatable bonds is 5. The Morgan fingerprint density at radius 3 is 2.80 bits per heavy atom. The van der Waals surface area contributed by atoms with E-state index >= 15 is 0 Å². The molecule has 1 rings (SSSR count). The highest BCUT2D eigenvalue weighted by Crippen LogP contribution is 2.16. The Morgan fingerprint density at radius 2 is 2.27 bits per heavy atom. The molecule has 2 unspecified atom stereocenters. The van der Waals surface area contributed by atoms with Gasteiger partial charge in [0.15, 0.2) is 0 Å². The second-order valence-electron chi connectivity index (χ2n) is 4.01. The smallest absolute Gasteiger partial charge is 0.307 e. The van der Waals surface area contributed by atoms with Gasteiger partial charge in [-0.25, -0.2) is 0 Å². The third-order valence-corrected chi connectivity index (χ3v) is 2.78. The van der Waals surface area contributed by atoms with E-state index in [4.69, 9.17) is 10.2 Å². The van der Waals surface area contributed by atoms with E-state index in [-0.39, 0.29) is 18.6 Å². The van der Waals surface area contributed by atoms with Gasteiger partial charge in [-0.3, -0.25) is 9.69 Å². The summed E-state index contributed by atoms with van der Waals surface area (Å²) >= 11 is 0. The lowest BCUT2D eigenvalue weighted by Crippen LogP contribution is -2.51. The molecule has 15 heavy (non-hydrogen) atoms. The van der Waals surface area contributed by atoms with Crippen LogP contribution in [-0.4, -0.2) is 59.9 Å². The van der Waals surface area contributed by atoms with Gasteiger partial charge in [0, 0.05) is 25.7 Å². The molecule has 1 aliphatic rings. The molecule has 5 heteroatoms. The number of aliphatic hydroxyl groups is 1. The fourth-order valence-electron chi connectivity index (χ4n) is 2.13. The van der Waals surface area contributed by atoms with Crippen molar-refractivity contribution in [1.29, 1.82) is 0 Å². The van der Waals surface area contributed by atoms with E-state index in [0.29, 0.717) is 19.5 Å². The molecule has 1 fully saturated rings. The molecule has 0 aromatic carbocycles. The van der Waals surface area contributed by atoms with Gasteiger partial charge in [0.25, 0.3) is 0 Å². The fraction of sp³-hybridized carbons (Fsp3) is 0.900. The quantitative estimate of drug-likeness (QED) is 0.570. The van der Waals surface area contributed by atoms with Crippen LogP contribution < -0.4 is 5.32 Å². The summed E-state index contributed by atoms with van der Waals surface area (Å²) in [5.74, 6) is -1.05. The summed E-state index contributed by atoms with van der Waals surface area (Å²) in [5.41, 5.74) is 0. The molecule has 0 bridgehead atoms. The highest BCUT2D eigenvalue weighted by atomic mass is 16.4. The molecule has 0 aliphatic carbocycles. The lowest BCUT2D eigenvalue weighted by molar-refractivity contribution is -0.144. The normalized spacial score (nSPS) is 27.9. The summed E-state index contributed by atoms with van der Waals surface area (Å²) in [6.45, 7) is 4.90. The number of aliphatic carboxylic acids is 1. The van der Waals surface area contributed by atoms with Crippen LogP contribution in [0.5, 0.6) is 0 Å². The van der Waals surface area contributed by atoms with Crippen LogP contribution in [-0.2, 0) is 4.79 Å². The number of carboxylic acids is 1. The van der Waals surface area contributed by atoms with Crippen molar-refractivity contribution in [2.24, 2.45) is 5.92 Å². The number of hydrogen-bond acceptors (Lipinski definition) is 4. The first-order valence-electron chi connectivity index (χ1n) is 5.46. The second kappa shape index (κ2) is 6.05. The Morgan fingerprint density at radius 1 is 1.53 bits per heavy atom. The summed E-state index contributed by atoms with van der Waals surface area (Å²) in [5, 5.41) is 21.1. The minimum atomic E-state index is -0.736. The predicted molar refractivity (Wildman–Crippen MR) is 56.7 cm³/mol. The average molecular weight is 216 g/mol. The van der Waals surface area contributed by atoms with Crippen LogP contribution in [0, 0.1) is 5.92 Å². The van der Waals surface area contributed by atoms with E-state index in [1.165, 1.54) is 0 Å². The van der Waals surface area contributed by atoms with Crippen LogP contribution in [0.1, 0.15) is 13.3 Å². The third-order valence-electron chi connectivity index (χ3n) is 2.78. The number of β-amino-alcohol motifs (C(OH)–C–C–N with tert-alkyl or cyclic N) is 1. The van der Waals surface area contributed by atoms with Gasteiger partial charge >= 0.3 is 5.97 Å². The van der Waals surface area contributed by atoms with Gasteiger partial charge in [-0.05, 0) is 13.0 Å². The summed E-state index contributed by atoms with van der Waals surface area (Å²) in [7, 11) is 0. The summed E-state index contributed by atoms with van der Waals surface area (Å²) in [6.07, 6.45) is 0.686. The Labute approximate surface area is 90.1 Å². The van der Waals surface area contributed by atoms with Gasteiger partial charge < -0.3 is 15.5 Å². The maximum absolute atomic E-state index is 10.9. The van der Waals surface area contributed by atoms with Crippen molar-refractivity contribution in [3.05, 3.63) is 0 Å². The van der Waals surface area contributed by atoms with E-state index in [9.17, 15) is 4.79 Å². The molecule has 2 atom stereocenters. The Bertz CT molecular complexity index is 197. The van der Waals surface area contributed by atoms with Crippen LogP contribution in [0.4, 0.5) is 0 Å². The number of hydrogen-bond donors (Lipinski definition) is 3. The molecule has 0 radical (unpaired) electrons. The monoisotopic (exact) mass is 216 g/mol. The molecular weight excluding hydrogens is 196 g/mol. The van der Waals surface area contributed by atoms with Gasteiger partial charge in [-0.1, -0.05) is 6.92 Å². The van der Waals surface area contributed by atoms with Gasteiger partial charge in [0.1, 0.15) is 0 Å². The predicted octanol–water partition coefficient (Wildman–Crippen LogP) is -0.637. The number of carboxylic acid groups (broad SMARTS) is 1. The van der Waals surface area contributed by atoms with Crippen molar-refractivity contribution in [1.82, 2.24) is 10.2 Å². The lowest BCUT2D eigenvalue weighted by Gasteiger charge is -2.36. The van der Waals surface area contributed by atoms with Crippen molar-refractivity contribution in [3.63, 3.8) is 0 Å². The van der Waals surface area contributed by atoms with Gasteiger partial charge in [-0.2, -0.15) is 0 Å². The largest absolute Gasteiger partial charge is 0.481 e. The maximum atomic E-state index is 10.9. The number of carbonyl (C=O) groups is 1. The molecule has 88 valence electrons. The number of nitrogens with one attached hydrogen (secondary N) is 1. The number of piperidine rings is 1. The van der Waals surface area contributed by atoms with Crippen LogP contribution >= 0.6 is 0 Å². The fourth-order valence-corrected chi connectivity index (χ4v) is 2.13. The van der Waals surface area contributed by atoms with Crippen molar-refractivity contribution < 1.29 is 15.0 Å². The van der Waals surface area contributed by atoms with E-state index in [1.54, 1.807) is 0 Å². The van der Waals surface area contributed by atoms with Crippen LogP contribution in [0.25, 0.3) is 0 Å². The van der Waals surface area contributed by atoms with Crippen molar-refractivity contribution >= 4 is 5.97 Å². The number of likely N-dealkylation sites (tertiary alicyclic amines) is 1. The molecule has 0 aromatic heterocycles. The minimum absolute atomic E-state index is 0.0885. The van der Waals surface area contributed by atoms with Gasteiger partial charge in [-0.15, -0.1) is 0 Å². The molecule has 1 aliphatic heterocycles. The van der Waals surface area contributed by atoms with Crippen LogP contribution in [0.2, 0.25) is 0 Å². The van der Waals surface area contributed by atoms with Crippen molar-refractivity contribution in [2.75, 3.05) is 32.8 Å². The first-order valence-corrected chi connectivity index (χ1v) is 5.46. The molecule has 0 spiro atoms. The zero-order valence-electron chi connectivity index (χ0n) is 9.15. The van der Waals surface area contributed by atoms with Crippen molar-refractivity contribution in [2.45, 2.75) is 19.4 Å². The molecule has 1 heterocycles. The Hall–Kier alpha value is -0.650. The molecule has 0 saturated carbocycles. The highest BCUT2D eigenvalue weighted by molar-refractivity contribution is 5.70. The first-order chi connectivity index (χ1) is 7.17. The summed E-state index contributed by atoms with van der Waals surface area (Å²) < 4.78 is 0. The number of aliphatic hydroxyl groups excluding tert-OH is 1. The van der Waals surface area contributed by atoms with E-state index < -0.39 is 5.97 Å². The third kappa shape index (κ3) is 3.77. The topological polar surface area (TPSA) is 72.8 Å². The van der Waals surface area contributed by atoms with Crippen LogP contribution in [0.15, 0.2) is 0 Å². The Kier molecular flexibility index (Phi) is 5.01. The van der Waals surface area contributed by atoms with E-state index in [0.717, 1.165) is 13.1 Å². The maximum Gasteiger partial charge on any atom is 0.307 e. The molecule has 0 amide bonds. The molecule has 1 saturated heterocycles. The molecule has 3 N–H and O–H groups in total. The number of likely N-dealkylation sites (N-methyl/N-ethyl adjacent to an activating group) is 1. The lowest BCUT2D eigenvalue weighted by atomic mass is 9.94. The van der Waals surface area contributed by atoms with Crippen LogP contribution in [0.3, 0.4) is 0 Å². The van der Waals surface area contributed by atoms with Gasteiger partial charge in [0.2, 0.25) is 0 Å². The zero-order valence-corrected chi connectivity index (χ0v) is 9.15. The molecule has 5 nitrogen and oxygen atoms in total. The first kappa shape index (κ1) is 12.4. The SMILES string of the molecule is CCNC1CC(C(=O)O)CN(CCO)C1. The Balaban J connectivity index is 2.51. The number of nitrogens with zero attached hydrogens (tertiary/aromatic N) is 1. The van der Waals surface area contributed by atoms with E-state index in [2.05, 4.69) is 5.32 Å².